The molecule has 1 aromatic carbocycles. The SMILES string of the molecule is Cc1c(C(=O)[O-])sc2nc(/C(Cl)=C/c3ccc(C(C)(C)C)cc3)[nH]c(=O)c12. The van der Waals surface area contributed by atoms with Crippen molar-refractivity contribution in [1.82, 2.24) is 9.97 Å². The first-order valence-corrected chi connectivity index (χ1v) is 9.50. The van der Waals surface area contributed by atoms with Crippen LogP contribution < -0.4 is 10.7 Å². The molecular formula is C20H18ClN2O3S-. The number of carbonyl (C=O) groups excluding carboxylic acids is 1. The fourth-order valence-electron chi connectivity index (χ4n) is 2.75. The van der Waals surface area contributed by atoms with Crippen LogP contribution in [0.5, 0.6) is 0 Å². The van der Waals surface area contributed by atoms with Crippen LogP contribution in [0.25, 0.3) is 21.3 Å². The number of halogens is 1. The zero-order valence-electron chi connectivity index (χ0n) is 15.3. The van der Waals surface area contributed by atoms with Gasteiger partial charge < -0.3 is 14.9 Å². The van der Waals surface area contributed by atoms with Gasteiger partial charge in [0.1, 0.15) is 4.83 Å². The predicted molar refractivity (Wildman–Crippen MR) is 108 cm³/mol. The van der Waals surface area contributed by atoms with E-state index in [1.165, 1.54) is 5.56 Å². The first kappa shape index (κ1) is 19.3. The number of hydrogen-bond acceptors (Lipinski definition) is 5. The molecular weight excluding hydrogens is 384 g/mol. The topological polar surface area (TPSA) is 85.9 Å². The number of nitrogens with zero attached hydrogens (tertiary/aromatic N) is 1. The molecule has 0 spiro atoms. The van der Waals surface area contributed by atoms with E-state index < -0.39 is 11.5 Å². The molecule has 7 heteroatoms. The number of aryl methyl sites for hydroxylation is 1. The van der Waals surface area contributed by atoms with Gasteiger partial charge in [-0.2, -0.15) is 0 Å². The Hall–Kier alpha value is -2.44. The second-order valence-electron chi connectivity index (χ2n) is 7.30. The van der Waals surface area contributed by atoms with Crippen molar-refractivity contribution in [1.29, 1.82) is 0 Å². The molecule has 0 aliphatic heterocycles. The minimum Gasteiger partial charge on any atom is -0.544 e. The number of aromatic amines is 1. The van der Waals surface area contributed by atoms with Crippen molar-refractivity contribution in [3.63, 3.8) is 0 Å². The number of fused-ring (bicyclic) bond motifs is 1. The number of nitrogens with one attached hydrogen (secondary N) is 1. The lowest BCUT2D eigenvalue weighted by atomic mass is 9.87. The zero-order chi connectivity index (χ0) is 19.9. The molecule has 0 amide bonds. The second kappa shape index (κ2) is 6.94. The van der Waals surface area contributed by atoms with E-state index >= 15 is 0 Å². The first-order valence-electron chi connectivity index (χ1n) is 8.31. The number of thiophene rings is 1. The maximum atomic E-state index is 12.4. The van der Waals surface area contributed by atoms with Gasteiger partial charge in [-0.05, 0) is 35.1 Å². The van der Waals surface area contributed by atoms with E-state index in [9.17, 15) is 14.7 Å². The first-order chi connectivity index (χ1) is 12.6. The number of benzene rings is 1. The molecule has 0 bridgehead atoms. The molecule has 0 saturated carbocycles. The molecule has 0 radical (unpaired) electrons. The highest BCUT2D eigenvalue weighted by Gasteiger charge is 2.16. The van der Waals surface area contributed by atoms with E-state index in [1.54, 1.807) is 13.0 Å². The standard InChI is InChI=1S/C20H19ClN2O3S/c1-10-14-17(24)22-16(23-18(14)27-15(10)19(25)26)13(21)9-11-5-7-12(8-6-11)20(2,3)4/h5-9H,1-4H3,(H,25,26)(H,22,23,24)/p-1/b13-9-. The van der Waals surface area contributed by atoms with Crippen LogP contribution >= 0.6 is 22.9 Å². The summed E-state index contributed by atoms with van der Waals surface area (Å²) in [4.78, 5) is 30.8. The fraction of sp³-hybridized carbons (Fsp3) is 0.250. The van der Waals surface area contributed by atoms with Gasteiger partial charge in [0.2, 0.25) is 0 Å². The number of carbonyl (C=O) groups is 1. The number of aromatic carboxylic acids is 1. The molecule has 0 atom stereocenters. The van der Waals surface area contributed by atoms with Gasteiger partial charge >= 0.3 is 0 Å². The summed E-state index contributed by atoms with van der Waals surface area (Å²) < 4.78 is 0. The minimum atomic E-state index is -1.32. The van der Waals surface area contributed by atoms with Gasteiger partial charge in [-0.3, -0.25) is 4.79 Å². The molecule has 0 saturated heterocycles. The van der Waals surface area contributed by atoms with Gasteiger partial charge in [0.15, 0.2) is 5.82 Å². The molecule has 0 aliphatic rings. The third kappa shape index (κ3) is 3.82. The normalized spacial score (nSPS) is 12.6. The van der Waals surface area contributed by atoms with Crippen molar-refractivity contribution in [2.45, 2.75) is 33.1 Å². The van der Waals surface area contributed by atoms with E-state index in [1.807, 2.05) is 24.3 Å². The fourth-order valence-corrected chi connectivity index (χ4v) is 3.98. The molecule has 2 heterocycles. The molecule has 0 unspecified atom stereocenters. The number of aromatic nitrogens is 2. The molecule has 3 aromatic rings. The van der Waals surface area contributed by atoms with Crippen LogP contribution in [0.3, 0.4) is 0 Å². The van der Waals surface area contributed by atoms with Crippen LogP contribution in [0.2, 0.25) is 0 Å². The summed E-state index contributed by atoms with van der Waals surface area (Å²) in [7, 11) is 0. The summed E-state index contributed by atoms with van der Waals surface area (Å²) in [6.07, 6.45) is 1.71. The number of hydrogen-bond donors (Lipinski definition) is 1. The van der Waals surface area contributed by atoms with Gasteiger partial charge in [0.05, 0.1) is 21.3 Å². The third-order valence-electron chi connectivity index (χ3n) is 4.28. The van der Waals surface area contributed by atoms with Crippen molar-refractivity contribution < 1.29 is 9.90 Å². The largest absolute Gasteiger partial charge is 0.544 e. The van der Waals surface area contributed by atoms with Crippen LogP contribution in [-0.4, -0.2) is 15.9 Å². The van der Waals surface area contributed by atoms with Gasteiger partial charge in [0.25, 0.3) is 5.56 Å². The molecule has 140 valence electrons. The third-order valence-corrected chi connectivity index (χ3v) is 5.74. The van der Waals surface area contributed by atoms with Gasteiger partial charge in [-0.1, -0.05) is 56.6 Å². The van der Waals surface area contributed by atoms with E-state index in [4.69, 9.17) is 11.6 Å². The van der Waals surface area contributed by atoms with Gasteiger partial charge in [-0.25, -0.2) is 4.98 Å². The van der Waals surface area contributed by atoms with Crippen molar-refractivity contribution in [3.05, 3.63) is 62.0 Å². The lowest BCUT2D eigenvalue weighted by Gasteiger charge is -2.18. The lowest BCUT2D eigenvalue weighted by molar-refractivity contribution is -0.254. The Labute approximate surface area is 165 Å². The number of H-pyrrole nitrogens is 1. The Morgan fingerprint density at radius 2 is 1.89 bits per heavy atom. The summed E-state index contributed by atoms with van der Waals surface area (Å²) >= 11 is 7.27. The van der Waals surface area contributed by atoms with Gasteiger partial charge in [0, 0.05) is 0 Å². The molecule has 0 fully saturated rings. The van der Waals surface area contributed by atoms with Crippen LogP contribution in [-0.2, 0) is 5.41 Å². The van der Waals surface area contributed by atoms with E-state index in [0.717, 1.165) is 16.9 Å². The summed E-state index contributed by atoms with van der Waals surface area (Å²) in [5.74, 6) is -1.13. The van der Waals surface area contributed by atoms with Crippen LogP contribution in [0.4, 0.5) is 0 Å². The van der Waals surface area contributed by atoms with Crippen molar-refractivity contribution >= 4 is 50.2 Å². The molecule has 1 N–H and O–H groups in total. The Morgan fingerprint density at radius 1 is 1.26 bits per heavy atom. The quantitative estimate of drug-likeness (QED) is 0.725. The highest BCUT2D eigenvalue weighted by Crippen LogP contribution is 2.29. The van der Waals surface area contributed by atoms with Crippen LogP contribution in [0.15, 0.2) is 29.1 Å². The van der Waals surface area contributed by atoms with Crippen molar-refractivity contribution in [3.8, 4) is 0 Å². The number of carboxylic acids is 1. The van der Waals surface area contributed by atoms with Crippen LogP contribution in [0, 0.1) is 6.92 Å². The Morgan fingerprint density at radius 3 is 2.44 bits per heavy atom. The monoisotopic (exact) mass is 401 g/mol. The number of rotatable bonds is 3. The highest BCUT2D eigenvalue weighted by molar-refractivity contribution is 7.20. The molecule has 27 heavy (non-hydrogen) atoms. The van der Waals surface area contributed by atoms with E-state index in [2.05, 4.69) is 30.7 Å². The van der Waals surface area contributed by atoms with Gasteiger partial charge in [-0.15, -0.1) is 11.3 Å². The molecule has 2 aromatic heterocycles. The van der Waals surface area contributed by atoms with E-state index in [0.29, 0.717) is 10.4 Å². The Kier molecular flexibility index (Phi) is 4.97. The highest BCUT2D eigenvalue weighted by atomic mass is 35.5. The average Bonchev–Trinajstić information content (AvgIpc) is 2.92. The zero-order valence-corrected chi connectivity index (χ0v) is 16.9. The smallest absolute Gasteiger partial charge is 0.260 e. The van der Waals surface area contributed by atoms with E-state index in [-0.39, 0.29) is 26.5 Å². The Bertz CT molecular complexity index is 1120. The summed E-state index contributed by atoms with van der Waals surface area (Å²) in [5, 5.41) is 11.7. The summed E-state index contributed by atoms with van der Waals surface area (Å²) in [6, 6.07) is 7.96. The molecule has 3 rings (SSSR count). The summed E-state index contributed by atoms with van der Waals surface area (Å²) in [6.45, 7) is 7.98. The second-order valence-corrected chi connectivity index (χ2v) is 8.71. The molecule has 0 aliphatic carbocycles. The maximum Gasteiger partial charge on any atom is 0.260 e. The van der Waals surface area contributed by atoms with Crippen molar-refractivity contribution in [2.24, 2.45) is 0 Å². The number of carboxylic acid groups (broad SMARTS) is 1. The average molecular weight is 402 g/mol. The maximum absolute atomic E-state index is 12.4. The van der Waals surface area contributed by atoms with Crippen molar-refractivity contribution in [2.75, 3.05) is 0 Å². The predicted octanol–water partition coefficient (Wildman–Crippen LogP) is 3.69. The summed E-state index contributed by atoms with van der Waals surface area (Å²) in [5.41, 5.74) is 2.05. The minimum absolute atomic E-state index is 0.00183. The lowest BCUT2D eigenvalue weighted by Crippen LogP contribution is -2.21. The molecule has 5 nitrogen and oxygen atoms in total. The van der Waals surface area contributed by atoms with Crippen LogP contribution in [0.1, 0.15) is 53.0 Å². The Balaban J connectivity index is 2.03.